The van der Waals surface area contributed by atoms with Crippen molar-refractivity contribution < 1.29 is 26.1 Å². The Morgan fingerprint density at radius 2 is 1.80 bits per heavy atom. The second-order valence-corrected chi connectivity index (χ2v) is 5.96. The molecule has 1 N–H and O–H groups in total. The molecule has 2 aliphatic heterocycles. The van der Waals surface area contributed by atoms with Crippen LogP contribution in [0.25, 0.3) is 0 Å². The normalized spacial score (nSPS) is 28.6. The summed E-state index contributed by atoms with van der Waals surface area (Å²) in [5, 5.41) is 2.31. The first kappa shape index (κ1) is 13.0. The lowest BCUT2D eigenvalue weighted by Crippen LogP contribution is -2.64. The Kier molecular flexibility index (Phi) is 2.62. The van der Waals surface area contributed by atoms with E-state index >= 15 is 0 Å². The lowest BCUT2D eigenvalue weighted by Gasteiger charge is -2.49. The average Bonchev–Trinajstić information content (AvgIpc) is 2.26. The van der Waals surface area contributed by atoms with Crippen LogP contribution in [0.3, 0.4) is 0 Å². The van der Waals surface area contributed by atoms with E-state index < -0.39 is 15.9 Å². The molecule has 1 aromatic rings. The quantitative estimate of drug-likeness (QED) is 0.651. The van der Waals surface area contributed by atoms with Crippen molar-refractivity contribution in [2.45, 2.75) is 18.3 Å². The van der Waals surface area contributed by atoms with Gasteiger partial charge in [0, 0.05) is 5.92 Å². The lowest BCUT2D eigenvalue weighted by atomic mass is 9.55. The van der Waals surface area contributed by atoms with Crippen molar-refractivity contribution in [3.63, 3.8) is 0 Å². The van der Waals surface area contributed by atoms with Crippen LogP contribution in [0.15, 0.2) is 24.3 Å². The van der Waals surface area contributed by atoms with E-state index in [1.165, 1.54) is 24.3 Å². The minimum absolute atomic E-state index is 0.158. The fourth-order valence-electron chi connectivity index (χ4n) is 2.80. The van der Waals surface area contributed by atoms with Gasteiger partial charge in [-0.25, -0.2) is 0 Å². The first-order valence-electron chi connectivity index (χ1n) is 5.90. The van der Waals surface area contributed by atoms with E-state index in [0.717, 1.165) is 0 Å². The van der Waals surface area contributed by atoms with Gasteiger partial charge in [-0.3, -0.25) is 14.9 Å². The second kappa shape index (κ2) is 4.02. The van der Waals surface area contributed by atoms with Gasteiger partial charge in [-0.1, -0.05) is 16.0 Å². The first-order chi connectivity index (χ1) is 9.30. The van der Waals surface area contributed by atoms with E-state index in [-0.39, 0.29) is 23.5 Å². The van der Waals surface area contributed by atoms with Crippen LogP contribution < -0.4 is 9.50 Å². The van der Waals surface area contributed by atoms with Crippen LogP contribution in [-0.2, 0) is 25.5 Å². The molecule has 3 fully saturated rings. The van der Waals surface area contributed by atoms with Crippen molar-refractivity contribution in [1.29, 1.82) is 0 Å². The summed E-state index contributed by atoms with van der Waals surface area (Å²) in [6, 6.07) is 5.56. The molecule has 0 spiro atoms. The molecule has 4 rings (SSSR count). The third-order valence-electron chi connectivity index (χ3n) is 3.83. The molecule has 3 aliphatic rings. The minimum Gasteiger partial charge on any atom is -0.358 e. The summed E-state index contributed by atoms with van der Waals surface area (Å²) < 4.78 is 37.2. The van der Waals surface area contributed by atoms with E-state index in [9.17, 15) is 21.9 Å². The molecule has 2 saturated heterocycles. The van der Waals surface area contributed by atoms with Crippen molar-refractivity contribution in [3.8, 4) is 5.75 Å². The Labute approximate surface area is 114 Å². The van der Waals surface area contributed by atoms with Crippen LogP contribution in [0.1, 0.15) is 18.4 Å². The molecular weight excluding hydrogens is 289 g/mol. The van der Waals surface area contributed by atoms with E-state index in [0.29, 0.717) is 18.4 Å². The number of halogens is 1. The molecule has 0 atom stereocenters. The third-order valence-corrected chi connectivity index (χ3v) is 4.23. The molecule has 106 valence electrons. The maximum absolute atomic E-state index is 12.4. The Morgan fingerprint density at radius 3 is 2.30 bits per heavy atom. The van der Waals surface area contributed by atoms with Gasteiger partial charge in [0.1, 0.15) is 5.75 Å². The molecule has 0 radical (unpaired) electrons. The maximum atomic E-state index is 12.4. The summed E-state index contributed by atoms with van der Waals surface area (Å²) in [6.07, 6.45) is 0.887. The van der Waals surface area contributed by atoms with Crippen LogP contribution in [0.5, 0.6) is 5.75 Å². The van der Waals surface area contributed by atoms with Crippen molar-refractivity contribution in [2.24, 2.45) is 5.92 Å². The van der Waals surface area contributed by atoms with Gasteiger partial charge in [0.25, 0.3) is 0 Å². The zero-order chi connectivity index (χ0) is 14.5. The highest BCUT2D eigenvalue weighted by Crippen LogP contribution is 2.50. The van der Waals surface area contributed by atoms with Crippen molar-refractivity contribution >= 4 is 22.3 Å². The largest absolute Gasteiger partial charge is 0.488 e. The first-order valence-corrected chi connectivity index (χ1v) is 7.21. The minimum atomic E-state index is -5.06. The molecule has 20 heavy (non-hydrogen) atoms. The highest BCUT2D eigenvalue weighted by molar-refractivity contribution is 7.81. The summed E-state index contributed by atoms with van der Waals surface area (Å²) in [6.45, 7) is 0. The van der Waals surface area contributed by atoms with Crippen molar-refractivity contribution in [1.82, 2.24) is 5.32 Å². The van der Waals surface area contributed by atoms with Gasteiger partial charge in [-0.15, -0.1) is 0 Å². The van der Waals surface area contributed by atoms with Gasteiger partial charge in [0.15, 0.2) is 0 Å². The molecule has 1 aromatic carbocycles. The van der Waals surface area contributed by atoms with Crippen LogP contribution in [0.4, 0.5) is 3.89 Å². The predicted molar refractivity (Wildman–Crippen MR) is 64.6 cm³/mol. The molecular formula is C12H10FNO5S. The number of nitrogens with one attached hydrogen (secondary N) is 1. The number of rotatable bonds is 3. The predicted octanol–water partition coefficient (Wildman–Crippen LogP) is 0.584. The Hall–Kier alpha value is -1.96. The Bertz CT molecular complexity index is 691. The van der Waals surface area contributed by atoms with Crippen LogP contribution >= 0.6 is 0 Å². The molecule has 0 aromatic heterocycles. The SMILES string of the molecule is O=C1NC(=O)C2(c3ccc(OS(=O)(=O)F)cc3)CC1C2. The monoisotopic (exact) mass is 299 g/mol. The molecule has 2 bridgehead atoms. The fourth-order valence-corrected chi connectivity index (χ4v) is 3.14. The number of benzene rings is 1. The lowest BCUT2D eigenvalue weighted by molar-refractivity contribution is -0.151. The van der Waals surface area contributed by atoms with Gasteiger partial charge in [-0.2, -0.15) is 8.42 Å². The number of imide groups is 1. The second-order valence-electron chi connectivity index (χ2n) is 5.01. The highest BCUT2D eigenvalue weighted by atomic mass is 32.3. The molecule has 1 saturated carbocycles. The van der Waals surface area contributed by atoms with Gasteiger partial charge in [0.05, 0.1) is 5.41 Å². The van der Waals surface area contributed by atoms with Gasteiger partial charge >= 0.3 is 10.5 Å². The molecule has 2 amide bonds. The highest BCUT2D eigenvalue weighted by Gasteiger charge is 2.58. The molecule has 1 aliphatic carbocycles. The smallest absolute Gasteiger partial charge is 0.358 e. The fraction of sp³-hybridized carbons (Fsp3) is 0.333. The number of carbonyl (C=O) groups is 2. The number of piperidine rings is 2. The number of hydrogen-bond acceptors (Lipinski definition) is 5. The molecule has 8 heteroatoms. The maximum Gasteiger partial charge on any atom is 0.488 e. The summed E-state index contributed by atoms with van der Waals surface area (Å²) >= 11 is 0. The van der Waals surface area contributed by atoms with E-state index in [2.05, 4.69) is 9.50 Å². The zero-order valence-electron chi connectivity index (χ0n) is 10.1. The average molecular weight is 299 g/mol. The third kappa shape index (κ3) is 1.96. The summed E-state index contributed by atoms with van der Waals surface area (Å²) in [5.41, 5.74) is -0.0894. The van der Waals surface area contributed by atoms with Crippen LogP contribution in [0.2, 0.25) is 0 Å². The topological polar surface area (TPSA) is 89.5 Å². The van der Waals surface area contributed by atoms with Crippen LogP contribution in [0, 0.1) is 5.92 Å². The van der Waals surface area contributed by atoms with E-state index in [1.54, 1.807) is 0 Å². The van der Waals surface area contributed by atoms with E-state index in [4.69, 9.17) is 0 Å². The molecule has 6 nitrogen and oxygen atoms in total. The van der Waals surface area contributed by atoms with Crippen LogP contribution in [-0.4, -0.2) is 20.2 Å². The van der Waals surface area contributed by atoms with Gasteiger partial charge in [-0.05, 0) is 30.5 Å². The molecule has 0 unspecified atom stereocenters. The summed E-state index contributed by atoms with van der Waals surface area (Å²) in [5.74, 6) is -0.928. The van der Waals surface area contributed by atoms with Crippen molar-refractivity contribution in [2.75, 3.05) is 0 Å². The number of carbonyl (C=O) groups excluding carboxylic acids is 2. The summed E-state index contributed by atoms with van der Waals surface area (Å²) in [4.78, 5) is 23.3. The Morgan fingerprint density at radius 1 is 1.20 bits per heavy atom. The Balaban J connectivity index is 1.86. The number of hydrogen-bond donors (Lipinski definition) is 1. The van der Waals surface area contributed by atoms with E-state index in [1.807, 2.05) is 0 Å². The standard InChI is InChI=1S/C12H10FNO5S/c13-20(17,18)19-9-3-1-8(2-4-9)12-5-7(6-12)10(15)14-11(12)16/h1-4,7H,5-6H2,(H,14,15,16). The number of amides is 2. The van der Waals surface area contributed by atoms with Crippen molar-refractivity contribution in [3.05, 3.63) is 29.8 Å². The van der Waals surface area contributed by atoms with Gasteiger partial charge < -0.3 is 4.18 Å². The van der Waals surface area contributed by atoms with Gasteiger partial charge in [0.2, 0.25) is 11.8 Å². The molecule has 2 heterocycles. The number of fused-ring (bicyclic) bond motifs is 2. The summed E-state index contributed by atoms with van der Waals surface area (Å²) in [7, 11) is -5.06. The zero-order valence-corrected chi connectivity index (χ0v) is 10.9.